The van der Waals surface area contributed by atoms with Crippen LogP contribution < -0.4 is 0 Å². The maximum atomic E-state index is 12.6. The number of hydrogen-bond donors (Lipinski definition) is 0. The number of likely N-dealkylation sites (tertiary alicyclic amines) is 1. The molecule has 2 aliphatic rings. The minimum Gasteiger partial charge on any atom is -0.338 e. The highest BCUT2D eigenvalue weighted by molar-refractivity contribution is 5.95. The van der Waals surface area contributed by atoms with Crippen molar-refractivity contribution in [2.24, 2.45) is 11.8 Å². The van der Waals surface area contributed by atoms with Gasteiger partial charge in [0.2, 0.25) is 0 Å². The molecular weight excluding hydrogens is 238 g/mol. The Morgan fingerprint density at radius 1 is 1.37 bits per heavy atom. The van der Waals surface area contributed by atoms with Crippen molar-refractivity contribution < 1.29 is 4.79 Å². The van der Waals surface area contributed by atoms with Gasteiger partial charge in [-0.2, -0.15) is 0 Å². The maximum absolute atomic E-state index is 12.6. The van der Waals surface area contributed by atoms with Crippen LogP contribution in [0, 0.1) is 18.8 Å². The zero-order chi connectivity index (χ0) is 13.4. The molecule has 1 saturated heterocycles. The van der Waals surface area contributed by atoms with Crippen LogP contribution in [-0.4, -0.2) is 33.9 Å². The molecule has 1 amide bonds. The van der Waals surface area contributed by atoms with Crippen LogP contribution in [0.4, 0.5) is 0 Å². The van der Waals surface area contributed by atoms with E-state index in [-0.39, 0.29) is 5.91 Å². The number of rotatable bonds is 2. The molecule has 19 heavy (non-hydrogen) atoms. The lowest BCUT2D eigenvalue weighted by Gasteiger charge is -2.18. The summed E-state index contributed by atoms with van der Waals surface area (Å²) in [6.07, 6.45) is 6.41. The molecule has 3 rings (SSSR count). The van der Waals surface area contributed by atoms with Gasteiger partial charge in [0.05, 0.1) is 11.3 Å². The van der Waals surface area contributed by atoms with E-state index in [0.717, 1.165) is 42.9 Å². The Balaban J connectivity index is 1.81. The summed E-state index contributed by atoms with van der Waals surface area (Å²) in [5, 5.41) is 0. The topological polar surface area (TPSA) is 46.1 Å². The Morgan fingerprint density at radius 2 is 2.05 bits per heavy atom. The highest BCUT2D eigenvalue weighted by Gasteiger charge is 2.38. The zero-order valence-electron chi connectivity index (χ0n) is 11.7. The predicted octanol–water partition coefficient (Wildman–Crippen LogP) is 2.22. The molecule has 1 aromatic rings. The molecule has 0 N–H and O–H groups in total. The lowest BCUT2D eigenvalue weighted by molar-refractivity contribution is 0.0778. The molecule has 102 valence electrons. The van der Waals surface area contributed by atoms with Crippen LogP contribution in [-0.2, 0) is 6.42 Å². The summed E-state index contributed by atoms with van der Waals surface area (Å²) in [6.45, 7) is 5.77. The number of fused-ring (bicyclic) bond motifs is 1. The van der Waals surface area contributed by atoms with Gasteiger partial charge < -0.3 is 4.90 Å². The van der Waals surface area contributed by atoms with Crippen molar-refractivity contribution in [1.29, 1.82) is 0 Å². The van der Waals surface area contributed by atoms with Gasteiger partial charge in [0.25, 0.3) is 5.91 Å². The summed E-state index contributed by atoms with van der Waals surface area (Å²) in [6, 6.07) is 0. The summed E-state index contributed by atoms with van der Waals surface area (Å²) in [7, 11) is 0. The molecule has 0 aromatic carbocycles. The van der Waals surface area contributed by atoms with Crippen molar-refractivity contribution in [1.82, 2.24) is 14.9 Å². The second-order valence-corrected chi connectivity index (χ2v) is 5.79. The summed E-state index contributed by atoms with van der Waals surface area (Å²) >= 11 is 0. The summed E-state index contributed by atoms with van der Waals surface area (Å²) in [4.78, 5) is 23.2. The summed E-state index contributed by atoms with van der Waals surface area (Å²) in [5.74, 6) is 2.35. The van der Waals surface area contributed by atoms with Crippen LogP contribution in [0.3, 0.4) is 0 Å². The van der Waals surface area contributed by atoms with Crippen molar-refractivity contribution in [2.45, 2.75) is 39.5 Å². The first kappa shape index (κ1) is 12.6. The molecule has 4 nitrogen and oxygen atoms in total. The number of carbonyl (C=O) groups is 1. The van der Waals surface area contributed by atoms with Crippen LogP contribution in [0.2, 0.25) is 0 Å². The highest BCUT2D eigenvalue weighted by Crippen LogP contribution is 2.38. The molecule has 1 aliphatic carbocycles. The van der Waals surface area contributed by atoms with Crippen LogP contribution in [0.5, 0.6) is 0 Å². The number of aromatic nitrogens is 2. The van der Waals surface area contributed by atoms with Gasteiger partial charge in [0.15, 0.2) is 0 Å². The number of amides is 1. The Kier molecular flexibility index (Phi) is 3.25. The van der Waals surface area contributed by atoms with Gasteiger partial charge in [-0.1, -0.05) is 13.3 Å². The fourth-order valence-corrected chi connectivity index (χ4v) is 3.54. The minimum atomic E-state index is 0.131. The highest BCUT2D eigenvalue weighted by atomic mass is 16.2. The van der Waals surface area contributed by atoms with Crippen molar-refractivity contribution >= 4 is 5.91 Å². The first-order valence-electron chi connectivity index (χ1n) is 7.30. The molecule has 1 aromatic heterocycles. The standard InChI is InChI=1S/C15H21N3O/c1-3-14-13(7-16-10(2)17-14)15(19)18-8-11-5-4-6-12(11)9-18/h7,11-12H,3-6,8-9H2,1-2H3/t11-,12+. The van der Waals surface area contributed by atoms with Gasteiger partial charge in [-0.05, 0) is 38.0 Å². The number of nitrogens with zero attached hydrogens (tertiary/aromatic N) is 3. The lowest BCUT2D eigenvalue weighted by Crippen LogP contribution is -2.30. The van der Waals surface area contributed by atoms with Gasteiger partial charge in [-0.15, -0.1) is 0 Å². The average Bonchev–Trinajstić information content (AvgIpc) is 2.98. The molecule has 4 heteroatoms. The molecule has 2 fully saturated rings. The fourth-order valence-electron chi connectivity index (χ4n) is 3.54. The van der Waals surface area contributed by atoms with E-state index in [1.54, 1.807) is 6.20 Å². The van der Waals surface area contributed by atoms with E-state index in [1.807, 2.05) is 18.7 Å². The molecule has 1 aliphatic heterocycles. The summed E-state index contributed by atoms with van der Waals surface area (Å²) < 4.78 is 0. The zero-order valence-corrected chi connectivity index (χ0v) is 11.7. The van der Waals surface area contributed by atoms with Crippen LogP contribution in [0.15, 0.2) is 6.20 Å². The third-order valence-electron chi connectivity index (χ3n) is 4.57. The van der Waals surface area contributed by atoms with E-state index in [2.05, 4.69) is 9.97 Å². The van der Waals surface area contributed by atoms with E-state index in [9.17, 15) is 4.79 Å². The molecule has 2 heterocycles. The van der Waals surface area contributed by atoms with Crippen LogP contribution >= 0.6 is 0 Å². The third-order valence-corrected chi connectivity index (χ3v) is 4.57. The van der Waals surface area contributed by atoms with Crippen molar-refractivity contribution in [3.05, 3.63) is 23.3 Å². The largest absolute Gasteiger partial charge is 0.338 e. The van der Waals surface area contributed by atoms with Gasteiger partial charge in [0, 0.05) is 19.3 Å². The van der Waals surface area contributed by atoms with E-state index < -0.39 is 0 Å². The number of aryl methyl sites for hydroxylation is 2. The Bertz CT molecular complexity index is 488. The lowest BCUT2D eigenvalue weighted by atomic mass is 10.0. The van der Waals surface area contributed by atoms with E-state index in [4.69, 9.17) is 0 Å². The van der Waals surface area contributed by atoms with Gasteiger partial charge in [0.1, 0.15) is 5.82 Å². The molecule has 0 radical (unpaired) electrons. The van der Waals surface area contributed by atoms with Crippen LogP contribution in [0.1, 0.15) is 48.1 Å². The second kappa shape index (κ2) is 4.91. The molecule has 0 bridgehead atoms. The summed E-state index contributed by atoms with van der Waals surface area (Å²) in [5.41, 5.74) is 1.59. The molecule has 0 unspecified atom stereocenters. The average molecular weight is 259 g/mol. The first-order valence-corrected chi connectivity index (χ1v) is 7.30. The maximum Gasteiger partial charge on any atom is 0.257 e. The normalized spacial score (nSPS) is 25.7. The van der Waals surface area contributed by atoms with Gasteiger partial charge in [-0.3, -0.25) is 4.79 Å². The molecule has 2 atom stereocenters. The van der Waals surface area contributed by atoms with Crippen LogP contribution in [0.25, 0.3) is 0 Å². The predicted molar refractivity (Wildman–Crippen MR) is 72.9 cm³/mol. The fraction of sp³-hybridized carbons (Fsp3) is 0.667. The van der Waals surface area contributed by atoms with E-state index in [1.165, 1.54) is 19.3 Å². The SMILES string of the molecule is CCc1nc(C)ncc1C(=O)N1C[C@H]2CCC[C@H]2C1. The van der Waals surface area contributed by atoms with E-state index in [0.29, 0.717) is 5.56 Å². The van der Waals surface area contributed by atoms with Gasteiger partial charge >= 0.3 is 0 Å². The Morgan fingerprint density at radius 3 is 2.68 bits per heavy atom. The Hall–Kier alpha value is -1.45. The smallest absolute Gasteiger partial charge is 0.257 e. The van der Waals surface area contributed by atoms with Crippen molar-refractivity contribution in [2.75, 3.05) is 13.1 Å². The third kappa shape index (κ3) is 2.24. The first-order chi connectivity index (χ1) is 9.19. The minimum absolute atomic E-state index is 0.131. The monoisotopic (exact) mass is 259 g/mol. The number of carbonyl (C=O) groups excluding carboxylic acids is 1. The van der Waals surface area contributed by atoms with Gasteiger partial charge in [-0.25, -0.2) is 9.97 Å². The van der Waals surface area contributed by atoms with Crippen molar-refractivity contribution in [3.63, 3.8) is 0 Å². The van der Waals surface area contributed by atoms with Crippen molar-refractivity contribution in [3.8, 4) is 0 Å². The molecule has 1 saturated carbocycles. The quantitative estimate of drug-likeness (QED) is 0.818. The number of hydrogen-bond acceptors (Lipinski definition) is 3. The van der Waals surface area contributed by atoms with E-state index >= 15 is 0 Å². The second-order valence-electron chi connectivity index (χ2n) is 5.79. The molecular formula is C15H21N3O. The molecule has 0 spiro atoms. The Labute approximate surface area is 114 Å².